The van der Waals surface area contributed by atoms with Gasteiger partial charge >= 0.3 is 0 Å². The number of hydrogen-bond acceptors (Lipinski definition) is 6. The van der Waals surface area contributed by atoms with Crippen molar-refractivity contribution in [3.8, 4) is 0 Å². The van der Waals surface area contributed by atoms with Crippen LogP contribution in [-0.4, -0.2) is 61.9 Å². The number of carbonyl (C=O) groups excluding carboxylic acids is 1. The lowest BCUT2D eigenvalue weighted by Gasteiger charge is -2.35. The summed E-state index contributed by atoms with van der Waals surface area (Å²) in [5.74, 6) is -0.275. The van der Waals surface area contributed by atoms with E-state index in [2.05, 4.69) is 4.98 Å². The number of amides is 1. The second kappa shape index (κ2) is 5.77. The Morgan fingerprint density at radius 2 is 1.92 bits per heavy atom. The molecule has 1 aromatic heterocycles. The average Bonchev–Trinajstić information content (AvgIpc) is 3.17. The summed E-state index contributed by atoms with van der Waals surface area (Å²) in [5.41, 5.74) is 1.57. The third kappa shape index (κ3) is 2.86. The molecule has 2 fully saturated rings. The van der Waals surface area contributed by atoms with Gasteiger partial charge in [-0.15, -0.1) is 0 Å². The lowest BCUT2D eigenvalue weighted by atomic mass is 10.1. The second-order valence-electron chi connectivity index (χ2n) is 6.38. The van der Waals surface area contributed by atoms with Crippen LogP contribution < -0.4 is 4.90 Å². The molecule has 2 aliphatic rings. The first-order chi connectivity index (χ1) is 11.5. The van der Waals surface area contributed by atoms with Crippen LogP contribution in [-0.2, 0) is 14.6 Å². The van der Waals surface area contributed by atoms with Crippen molar-refractivity contribution in [1.29, 1.82) is 0 Å². The largest absolute Gasteiger partial charge is 0.423 e. The minimum atomic E-state index is -3.03. The van der Waals surface area contributed by atoms with E-state index in [-0.39, 0.29) is 23.3 Å². The first-order valence-electron chi connectivity index (χ1n) is 8.11. The van der Waals surface area contributed by atoms with Crippen LogP contribution in [0.1, 0.15) is 6.42 Å². The first kappa shape index (κ1) is 15.4. The zero-order valence-corrected chi connectivity index (χ0v) is 14.0. The highest BCUT2D eigenvalue weighted by molar-refractivity contribution is 7.91. The molecule has 8 heteroatoms. The molecule has 1 aromatic carbocycles. The molecule has 0 N–H and O–H groups in total. The summed E-state index contributed by atoms with van der Waals surface area (Å²) < 4.78 is 28.9. The Morgan fingerprint density at radius 3 is 2.58 bits per heavy atom. The third-order valence-corrected chi connectivity index (χ3v) is 6.49. The molecule has 2 aromatic rings. The van der Waals surface area contributed by atoms with Crippen molar-refractivity contribution in [2.24, 2.45) is 5.92 Å². The normalized spacial score (nSPS) is 23.8. The molecular weight excluding hydrogens is 330 g/mol. The number of nitrogens with zero attached hydrogens (tertiary/aromatic N) is 3. The van der Waals surface area contributed by atoms with Crippen LogP contribution in [0.5, 0.6) is 0 Å². The summed E-state index contributed by atoms with van der Waals surface area (Å²) in [6.45, 7) is 2.40. The maximum atomic E-state index is 12.5. The minimum absolute atomic E-state index is 0.00280. The summed E-state index contributed by atoms with van der Waals surface area (Å²) in [5, 5.41) is 0. The Balaban J connectivity index is 1.40. The number of rotatable bonds is 2. The summed E-state index contributed by atoms with van der Waals surface area (Å²) in [7, 11) is -3.03. The number of fused-ring (bicyclic) bond motifs is 1. The number of anilines is 1. The molecule has 1 atom stereocenters. The maximum Gasteiger partial charge on any atom is 0.298 e. The van der Waals surface area contributed by atoms with E-state index in [1.165, 1.54) is 0 Å². The van der Waals surface area contributed by atoms with Crippen LogP contribution in [0.4, 0.5) is 6.01 Å². The van der Waals surface area contributed by atoms with Crippen LogP contribution in [0, 0.1) is 5.92 Å². The molecule has 7 nitrogen and oxygen atoms in total. The molecule has 24 heavy (non-hydrogen) atoms. The van der Waals surface area contributed by atoms with Crippen molar-refractivity contribution < 1.29 is 17.6 Å². The van der Waals surface area contributed by atoms with Crippen LogP contribution in [0.3, 0.4) is 0 Å². The number of hydrogen-bond donors (Lipinski definition) is 0. The van der Waals surface area contributed by atoms with E-state index in [0.29, 0.717) is 38.6 Å². The van der Waals surface area contributed by atoms with Gasteiger partial charge in [0, 0.05) is 26.2 Å². The van der Waals surface area contributed by atoms with Gasteiger partial charge in [-0.25, -0.2) is 8.42 Å². The van der Waals surface area contributed by atoms with Crippen LogP contribution in [0.25, 0.3) is 11.1 Å². The van der Waals surface area contributed by atoms with E-state index >= 15 is 0 Å². The van der Waals surface area contributed by atoms with Crippen molar-refractivity contribution in [3.63, 3.8) is 0 Å². The van der Waals surface area contributed by atoms with Crippen LogP contribution in [0.15, 0.2) is 28.7 Å². The van der Waals surface area contributed by atoms with Gasteiger partial charge in [0.1, 0.15) is 5.52 Å². The monoisotopic (exact) mass is 349 g/mol. The highest BCUT2D eigenvalue weighted by atomic mass is 32.2. The maximum absolute atomic E-state index is 12.5. The minimum Gasteiger partial charge on any atom is -0.423 e. The van der Waals surface area contributed by atoms with Crippen LogP contribution in [0.2, 0.25) is 0 Å². The van der Waals surface area contributed by atoms with E-state index in [1.807, 2.05) is 29.2 Å². The van der Waals surface area contributed by atoms with Crippen molar-refractivity contribution >= 4 is 32.9 Å². The van der Waals surface area contributed by atoms with E-state index in [1.54, 1.807) is 4.90 Å². The zero-order chi connectivity index (χ0) is 16.7. The molecule has 4 rings (SSSR count). The molecule has 2 saturated heterocycles. The Morgan fingerprint density at radius 1 is 1.17 bits per heavy atom. The smallest absolute Gasteiger partial charge is 0.298 e. The predicted octanol–water partition coefficient (Wildman–Crippen LogP) is 0.911. The van der Waals surface area contributed by atoms with Crippen LogP contribution >= 0.6 is 0 Å². The molecule has 1 unspecified atom stereocenters. The average molecular weight is 349 g/mol. The number of sulfone groups is 1. The Kier molecular flexibility index (Phi) is 3.71. The van der Waals surface area contributed by atoms with Crippen molar-refractivity contribution in [2.45, 2.75) is 6.42 Å². The van der Waals surface area contributed by atoms with Gasteiger partial charge in [-0.1, -0.05) is 12.1 Å². The second-order valence-corrected chi connectivity index (χ2v) is 8.61. The lowest BCUT2D eigenvalue weighted by Crippen LogP contribution is -2.50. The highest BCUT2D eigenvalue weighted by Gasteiger charge is 2.36. The summed E-state index contributed by atoms with van der Waals surface area (Å²) >= 11 is 0. The first-order valence-corrected chi connectivity index (χ1v) is 9.94. The quantitative estimate of drug-likeness (QED) is 0.801. The van der Waals surface area contributed by atoms with Gasteiger partial charge in [-0.2, -0.15) is 4.98 Å². The zero-order valence-electron chi connectivity index (χ0n) is 13.2. The molecule has 0 aliphatic carbocycles. The number of aromatic nitrogens is 1. The van der Waals surface area contributed by atoms with E-state index in [0.717, 1.165) is 11.1 Å². The fourth-order valence-electron chi connectivity index (χ4n) is 3.36. The standard InChI is InChI=1S/C16H19N3O4S/c20-15(12-5-10-24(21,22)11-12)18-6-8-19(9-7-18)16-17-13-3-1-2-4-14(13)23-16/h1-4,12H,5-11H2. The summed E-state index contributed by atoms with van der Waals surface area (Å²) in [6, 6.07) is 8.19. The number of benzene rings is 1. The molecule has 128 valence electrons. The van der Waals surface area contributed by atoms with Crippen molar-refractivity contribution in [3.05, 3.63) is 24.3 Å². The fraction of sp³-hybridized carbons (Fsp3) is 0.500. The molecule has 0 saturated carbocycles. The van der Waals surface area contributed by atoms with Gasteiger partial charge in [0.25, 0.3) is 6.01 Å². The van der Waals surface area contributed by atoms with Gasteiger partial charge in [-0.3, -0.25) is 4.79 Å². The topological polar surface area (TPSA) is 83.7 Å². The molecule has 0 radical (unpaired) electrons. The molecular formula is C16H19N3O4S. The van der Waals surface area contributed by atoms with E-state index in [9.17, 15) is 13.2 Å². The molecule has 0 bridgehead atoms. The SMILES string of the molecule is O=C(C1CCS(=O)(=O)C1)N1CCN(c2nc3ccccc3o2)CC1. The van der Waals surface area contributed by atoms with E-state index in [4.69, 9.17) is 4.42 Å². The Bertz CT molecular complexity index is 835. The van der Waals surface area contributed by atoms with Gasteiger partial charge in [0.15, 0.2) is 15.4 Å². The number of oxazole rings is 1. The van der Waals surface area contributed by atoms with Crippen molar-refractivity contribution in [1.82, 2.24) is 9.88 Å². The lowest BCUT2D eigenvalue weighted by molar-refractivity contribution is -0.135. The fourth-order valence-corrected chi connectivity index (χ4v) is 5.09. The van der Waals surface area contributed by atoms with Crippen molar-refractivity contribution in [2.75, 3.05) is 42.6 Å². The van der Waals surface area contributed by atoms with Gasteiger partial charge in [-0.05, 0) is 18.6 Å². The van der Waals surface area contributed by atoms with Gasteiger partial charge in [0.05, 0.1) is 17.4 Å². The summed E-state index contributed by atoms with van der Waals surface area (Å²) in [6.07, 6.45) is 0.451. The Hall–Kier alpha value is -2.09. The number of carbonyl (C=O) groups is 1. The molecule has 1 amide bonds. The highest BCUT2D eigenvalue weighted by Crippen LogP contribution is 2.24. The number of piperazine rings is 1. The van der Waals surface area contributed by atoms with Gasteiger partial charge in [0.2, 0.25) is 5.91 Å². The molecule has 3 heterocycles. The molecule has 2 aliphatic heterocycles. The van der Waals surface area contributed by atoms with E-state index < -0.39 is 9.84 Å². The Labute approximate surface area is 140 Å². The summed E-state index contributed by atoms with van der Waals surface area (Å²) in [4.78, 5) is 20.7. The number of para-hydroxylation sites is 2. The predicted molar refractivity (Wildman–Crippen MR) is 89.6 cm³/mol. The van der Waals surface area contributed by atoms with Gasteiger partial charge < -0.3 is 14.2 Å². The molecule has 0 spiro atoms. The third-order valence-electron chi connectivity index (χ3n) is 4.73.